The predicted octanol–water partition coefficient (Wildman–Crippen LogP) is 1.42. The van der Waals surface area contributed by atoms with E-state index in [0.717, 1.165) is 19.4 Å². The van der Waals surface area contributed by atoms with Gasteiger partial charge in [0.15, 0.2) is 0 Å². The van der Waals surface area contributed by atoms with Crippen LogP contribution in [0.25, 0.3) is 0 Å². The molecule has 2 aliphatic rings. The molecule has 0 aromatic rings. The van der Waals surface area contributed by atoms with Crippen molar-refractivity contribution in [1.29, 1.82) is 0 Å². The Balaban J connectivity index is 1.92. The van der Waals surface area contributed by atoms with E-state index >= 15 is 0 Å². The molecule has 0 radical (unpaired) electrons. The van der Waals surface area contributed by atoms with Gasteiger partial charge in [0.05, 0.1) is 5.37 Å². The van der Waals surface area contributed by atoms with Gasteiger partial charge in [-0.2, -0.15) is 0 Å². The number of hydrogen-bond donors (Lipinski definition) is 2. The molecule has 0 aromatic carbocycles. The molecule has 6 nitrogen and oxygen atoms in total. The third-order valence-electron chi connectivity index (χ3n) is 4.37. The van der Waals surface area contributed by atoms with Crippen LogP contribution in [0.4, 0.5) is 4.79 Å². The second-order valence-electron chi connectivity index (χ2n) is 5.77. The van der Waals surface area contributed by atoms with Crippen LogP contribution in [0.15, 0.2) is 0 Å². The van der Waals surface area contributed by atoms with Gasteiger partial charge in [0.1, 0.15) is 6.04 Å². The van der Waals surface area contributed by atoms with E-state index in [9.17, 15) is 14.7 Å². The molecule has 0 aliphatic carbocycles. The summed E-state index contributed by atoms with van der Waals surface area (Å²) in [5.41, 5.74) is 0. The van der Waals surface area contributed by atoms with Crippen LogP contribution >= 0.6 is 11.8 Å². The fraction of sp³-hybridized carbons (Fsp3) is 0.857. The fourth-order valence-corrected chi connectivity index (χ4v) is 4.39. The Labute approximate surface area is 130 Å². The average Bonchev–Trinajstić information content (AvgIpc) is 2.90. The Morgan fingerprint density at radius 3 is 2.76 bits per heavy atom. The first kappa shape index (κ1) is 16.4. The molecule has 2 saturated heterocycles. The summed E-state index contributed by atoms with van der Waals surface area (Å²) in [6.45, 7) is 3.64. The predicted molar refractivity (Wildman–Crippen MR) is 83.5 cm³/mol. The van der Waals surface area contributed by atoms with Gasteiger partial charge < -0.3 is 15.3 Å². The number of nitrogens with zero attached hydrogens (tertiary/aromatic N) is 2. The summed E-state index contributed by atoms with van der Waals surface area (Å²) in [7, 11) is 2.08. The first-order chi connectivity index (χ1) is 10.0. The van der Waals surface area contributed by atoms with Crippen LogP contribution in [0, 0.1) is 0 Å². The van der Waals surface area contributed by atoms with Crippen molar-refractivity contribution in [2.75, 3.05) is 25.9 Å². The van der Waals surface area contributed by atoms with Crippen LogP contribution in [-0.4, -0.2) is 70.3 Å². The number of amides is 2. The van der Waals surface area contributed by atoms with Gasteiger partial charge in [-0.25, -0.2) is 9.59 Å². The highest BCUT2D eigenvalue weighted by Crippen LogP contribution is 2.31. The number of thioether (sulfide) groups is 1. The van der Waals surface area contributed by atoms with Gasteiger partial charge in [0, 0.05) is 18.3 Å². The smallest absolute Gasteiger partial charge is 0.327 e. The summed E-state index contributed by atoms with van der Waals surface area (Å²) >= 11 is 1.55. The highest BCUT2D eigenvalue weighted by molar-refractivity contribution is 8.00. The lowest BCUT2D eigenvalue weighted by molar-refractivity contribution is -0.141. The highest BCUT2D eigenvalue weighted by atomic mass is 32.2. The average molecular weight is 315 g/mol. The molecule has 0 aromatic heterocycles. The third kappa shape index (κ3) is 3.83. The van der Waals surface area contributed by atoms with Crippen LogP contribution in [0.3, 0.4) is 0 Å². The van der Waals surface area contributed by atoms with Gasteiger partial charge in [-0.05, 0) is 32.9 Å². The van der Waals surface area contributed by atoms with E-state index in [4.69, 9.17) is 0 Å². The lowest BCUT2D eigenvalue weighted by Gasteiger charge is -2.34. The van der Waals surface area contributed by atoms with Gasteiger partial charge in [0.2, 0.25) is 0 Å². The van der Waals surface area contributed by atoms with Crippen LogP contribution in [-0.2, 0) is 4.79 Å². The van der Waals surface area contributed by atoms with Crippen LogP contribution < -0.4 is 5.32 Å². The summed E-state index contributed by atoms with van der Waals surface area (Å²) in [5.74, 6) is -0.437. The molecule has 120 valence electrons. The number of carbonyl (C=O) groups is 2. The number of likely N-dealkylation sites (tertiary alicyclic amines) is 1. The van der Waals surface area contributed by atoms with Crippen LogP contribution in [0.5, 0.6) is 0 Å². The minimum atomic E-state index is -0.914. The van der Waals surface area contributed by atoms with Gasteiger partial charge in [-0.1, -0.05) is 13.3 Å². The van der Waals surface area contributed by atoms with E-state index in [0.29, 0.717) is 18.3 Å². The lowest BCUT2D eigenvalue weighted by atomic mass is 10.0. The molecule has 3 atom stereocenters. The Morgan fingerprint density at radius 1 is 1.38 bits per heavy atom. The molecular formula is C14H25N3O3S. The zero-order chi connectivity index (χ0) is 15.4. The van der Waals surface area contributed by atoms with Crippen molar-refractivity contribution >= 4 is 23.8 Å². The molecule has 2 fully saturated rings. The quantitative estimate of drug-likeness (QED) is 0.821. The molecule has 3 unspecified atom stereocenters. The Kier molecular flexibility index (Phi) is 5.75. The van der Waals surface area contributed by atoms with E-state index in [2.05, 4.69) is 17.3 Å². The molecule has 2 rings (SSSR count). The molecular weight excluding hydrogens is 290 g/mol. The molecule has 0 spiro atoms. The fourth-order valence-electron chi connectivity index (χ4n) is 3.04. The highest BCUT2D eigenvalue weighted by Gasteiger charge is 2.40. The normalized spacial score (nSPS) is 30.4. The summed E-state index contributed by atoms with van der Waals surface area (Å²) in [4.78, 5) is 27.5. The Morgan fingerprint density at radius 2 is 2.14 bits per heavy atom. The van der Waals surface area contributed by atoms with Gasteiger partial charge in [-0.15, -0.1) is 11.8 Å². The lowest BCUT2D eigenvalue weighted by Crippen LogP contribution is -2.53. The van der Waals surface area contributed by atoms with Crippen LogP contribution in [0.1, 0.15) is 32.6 Å². The molecule has 2 amide bonds. The summed E-state index contributed by atoms with van der Waals surface area (Å²) in [6, 6.07) is -0.580. The maximum absolute atomic E-state index is 12.4. The van der Waals surface area contributed by atoms with Crippen molar-refractivity contribution in [2.24, 2.45) is 0 Å². The summed E-state index contributed by atoms with van der Waals surface area (Å²) in [6.07, 6.45) is 4.26. The van der Waals surface area contributed by atoms with E-state index < -0.39 is 12.0 Å². The molecule has 2 heterocycles. The SMILES string of the molecule is CCC1SCC(C(=O)O)N1C(=O)NCC1CCCCN1C. The monoisotopic (exact) mass is 315 g/mol. The number of nitrogens with one attached hydrogen (secondary N) is 1. The second-order valence-corrected chi connectivity index (χ2v) is 6.98. The summed E-state index contributed by atoms with van der Waals surface area (Å²) < 4.78 is 0. The molecule has 2 aliphatic heterocycles. The molecule has 7 heteroatoms. The number of rotatable bonds is 4. The Hall–Kier alpha value is -0.950. The van der Waals surface area contributed by atoms with Gasteiger partial charge in [0.25, 0.3) is 0 Å². The van der Waals surface area contributed by atoms with Gasteiger partial charge in [-0.3, -0.25) is 4.90 Å². The minimum absolute atomic E-state index is 0.0322. The van der Waals surface area contributed by atoms with E-state index in [1.54, 1.807) is 11.8 Å². The molecule has 0 saturated carbocycles. The number of carbonyl (C=O) groups excluding carboxylic acids is 1. The van der Waals surface area contributed by atoms with E-state index in [1.165, 1.54) is 17.7 Å². The number of aliphatic carboxylic acids is 1. The van der Waals surface area contributed by atoms with Crippen molar-refractivity contribution in [3.63, 3.8) is 0 Å². The zero-order valence-corrected chi connectivity index (χ0v) is 13.6. The maximum atomic E-state index is 12.4. The molecule has 2 N–H and O–H groups in total. The van der Waals surface area contributed by atoms with Crippen molar-refractivity contribution < 1.29 is 14.7 Å². The van der Waals surface area contributed by atoms with E-state index in [-0.39, 0.29) is 11.4 Å². The Bertz CT molecular complexity index is 394. The number of carboxylic acid groups (broad SMARTS) is 1. The first-order valence-corrected chi connectivity index (χ1v) is 8.70. The number of piperidine rings is 1. The van der Waals surface area contributed by atoms with Crippen molar-refractivity contribution in [3.05, 3.63) is 0 Å². The first-order valence-electron chi connectivity index (χ1n) is 7.65. The minimum Gasteiger partial charge on any atom is -0.480 e. The van der Waals surface area contributed by atoms with Gasteiger partial charge >= 0.3 is 12.0 Å². The number of urea groups is 1. The summed E-state index contributed by atoms with van der Waals surface area (Å²) in [5, 5.41) is 12.2. The number of hydrogen-bond acceptors (Lipinski definition) is 4. The van der Waals surface area contributed by atoms with Crippen molar-refractivity contribution in [1.82, 2.24) is 15.1 Å². The standard InChI is InChI=1S/C14H25N3O3S/c1-3-12-17(11(9-21-12)13(18)19)14(20)15-8-10-6-4-5-7-16(10)2/h10-12H,3-9H2,1-2H3,(H,15,20)(H,18,19). The molecule has 0 bridgehead atoms. The third-order valence-corrected chi connectivity index (χ3v) is 5.83. The number of carboxylic acids is 1. The molecule has 21 heavy (non-hydrogen) atoms. The largest absolute Gasteiger partial charge is 0.480 e. The number of likely N-dealkylation sites (N-methyl/N-ethyl adjacent to an activating group) is 1. The second kappa shape index (κ2) is 7.35. The van der Waals surface area contributed by atoms with Crippen molar-refractivity contribution in [3.8, 4) is 0 Å². The van der Waals surface area contributed by atoms with E-state index in [1.807, 2.05) is 6.92 Å². The zero-order valence-electron chi connectivity index (χ0n) is 12.7. The van der Waals surface area contributed by atoms with Crippen LogP contribution in [0.2, 0.25) is 0 Å². The van der Waals surface area contributed by atoms with Crippen molar-refractivity contribution in [2.45, 2.75) is 50.1 Å². The maximum Gasteiger partial charge on any atom is 0.327 e. The topological polar surface area (TPSA) is 72.9 Å².